The number of rotatable bonds is 6. The van der Waals surface area contributed by atoms with Gasteiger partial charge in [-0.05, 0) is 36.8 Å². The molecule has 1 aromatic rings. The van der Waals surface area contributed by atoms with Crippen molar-refractivity contribution in [1.82, 2.24) is 9.71 Å². The van der Waals surface area contributed by atoms with Gasteiger partial charge in [-0.15, -0.1) is 0 Å². The van der Waals surface area contributed by atoms with Crippen LogP contribution in [0.3, 0.4) is 0 Å². The van der Waals surface area contributed by atoms with Gasteiger partial charge in [-0.3, -0.25) is 0 Å². The van der Waals surface area contributed by atoms with E-state index in [1.165, 1.54) is 19.0 Å². The lowest BCUT2D eigenvalue weighted by atomic mass is 10.1. The number of nitrogens with one attached hydrogen (secondary N) is 2. The summed E-state index contributed by atoms with van der Waals surface area (Å²) in [6.45, 7) is 2.59. The normalized spacial score (nSPS) is 17.4. The average Bonchev–Trinajstić information content (AvgIpc) is 3.20. The Kier molecular flexibility index (Phi) is 3.87. The van der Waals surface area contributed by atoms with Gasteiger partial charge in [0.05, 0.1) is 0 Å². The summed E-state index contributed by atoms with van der Waals surface area (Å²) in [6, 6.07) is 3.21. The number of aromatic nitrogens is 1. The second kappa shape index (κ2) is 5.24. The minimum atomic E-state index is -3.43. The van der Waals surface area contributed by atoms with Gasteiger partial charge in [0.1, 0.15) is 10.7 Å². The van der Waals surface area contributed by atoms with Crippen LogP contribution in [0.2, 0.25) is 0 Å². The van der Waals surface area contributed by atoms with Crippen LogP contribution in [-0.2, 0) is 10.0 Å². The average molecular weight is 269 g/mol. The maximum Gasteiger partial charge on any atom is 0.242 e. The fourth-order valence-corrected chi connectivity index (χ4v) is 2.93. The molecular weight excluding hydrogens is 250 g/mol. The lowest BCUT2D eigenvalue weighted by molar-refractivity contribution is 0.491. The zero-order chi connectivity index (χ0) is 13.2. The van der Waals surface area contributed by atoms with Crippen molar-refractivity contribution in [2.24, 2.45) is 11.8 Å². The first-order chi connectivity index (χ1) is 8.53. The highest BCUT2D eigenvalue weighted by Crippen LogP contribution is 2.36. The van der Waals surface area contributed by atoms with E-state index in [1.54, 1.807) is 19.2 Å². The molecule has 6 heteroatoms. The molecule has 18 heavy (non-hydrogen) atoms. The largest absolute Gasteiger partial charge is 0.373 e. The van der Waals surface area contributed by atoms with E-state index in [-0.39, 0.29) is 4.90 Å². The number of sulfonamides is 1. The Balaban J connectivity index is 1.99. The Labute approximate surface area is 108 Å². The van der Waals surface area contributed by atoms with Crippen LogP contribution in [0.1, 0.15) is 19.8 Å². The van der Waals surface area contributed by atoms with Crippen LogP contribution in [0, 0.1) is 11.8 Å². The van der Waals surface area contributed by atoms with Gasteiger partial charge in [0.15, 0.2) is 0 Å². The first-order valence-electron chi connectivity index (χ1n) is 6.16. The quantitative estimate of drug-likeness (QED) is 0.820. The highest BCUT2D eigenvalue weighted by molar-refractivity contribution is 7.89. The molecule has 1 atom stereocenters. The fraction of sp³-hybridized carbons (Fsp3) is 0.583. The van der Waals surface area contributed by atoms with Gasteiger partial charge in [-0.1, -0.05) is 6.92 Å². The summed E-state index contributed by atoms with van der Waals surface area (Å²) in [6.07, 6.45) is 3.82. The van der Waals surface area contributed by atoms with Gasteiger partial charge >= 0.3 is 0 Å². The van der Waals surface area contributed by atoms with Crippen LogP contribution in [0.4, 0.5) is 5.82 Å². The molecular formula is C12H19N3O2S. The summed E-state index contributed by atoms with van der Waals surface area (Å²) < 4.78 is 26.7. The monoisotopic (exact) mass is 269 g/mol. The molecule has 1 saturated carbocycles. The number of hydrogen-bond donors (Lipinski definition) is 2. The molecule has 1 heterocycles. The van der Waals surface area contributed by atoms with Gasteiger partial charge in [0.25, 0.3) is 0 Å². The lowest BCUT2D eigenvalue weighted by Crippen LogP contribution is -2.29. The molecule has 100 valence electrons. The molecule has 2 N–H and O–H groups in total. The molecule has 1 aromatic heterocycles. The summed E-state index contributed by atoms with van der Waals surface area (Å²) in [4.78, 5) is 4.22. The van der Waals surface area contributed by atoms with E-state index >= 15 is 0 Å². The zero-order valence-electron chi connectivity index (χ0n) is 10.7. The third-order valence-corrected chi connectivity index (χ3v) is 4.73. The van der Waals surface area contributed by atoms with E-state index in [0.29, 0.717) is 24.2 Å². The molecule has 2 rings (SSSR count). The van der Waals surface area contributed by atoms with Crippen LogP contribution >= 0.6 is 0 Å². The first-order valence-corrected chi connectivity index (χ1v) is 7.64. The zero-order valence-corrected chi connectivity index (χ0v) is 11.5. The number of nitrogens with zero attached hydrogens (tertiary/aromatic N) is 1. The maximum atomic E-state index is 12.0. The number of anilines is 1. The van der Waals surface area contributed by atoms with Crippen molar-refractivity contribution in [2.75, 3.05) is 18.9 Å². The molecule has 5 nitrogen and oxygen atoms in total. The summed E-state index contributed by atoms with van der Waals surface area (Å²) in [5.74, 6) is 1.75. The topological polar surface area (TPSA) is 71.1 Å². The van der Waals surface area contributed by atoms with Gasteiger partial charge in [0, 0.05) is 19.8 Å². The Bertz CT molecular complexity index is 495. The molecule has 1 fully saturated rings. The second-order valence-corrected chi connectivity index (χ2v) is 6.56. The predicted octanol–water partition coefficient (Wildman–Crippen LogP) is 1.45. The molecule has 1 aliphatic carbocycles. The molecule has 0 bridgehead atoms. The molecule has 0 amide bonds. The number of pyridine rings is 1. The standard InChI is InChI=1S/C12H19N3O2S/c1-9(10-3-4-10)7-15-18(16,17)11-5-6-12(13-2)14-8-11/h5-6,8-10,15H,3-4,7H2,1-2H3,(H,13,14). The molecule has 0 aromatic carbocycles. The molecule has 1 aliphatic rings. The molecule has 0 aliphatic heterocycles. The van der Waals surface area contributed by atoms with Gasteiger partial charge in [-0.2, -0.15) is 0 Å². The van der Waals surface area contributed by atoms with Crippen molar-refractivity contribution in [3.63, 3.8) is 0 Å². The molecule has 1 unspecified atom stereocenters. The van der Waals surface area contributed by atoms with Gasteiger partial charge < -0.3 is 5.32 Å². The first kappa shape index (κ1) is 13.3. The maximum absolute atomic E-state index is 12.0. The third-order valence-electron chi connectivity index (χ3n) is 3.32. The van der Waals surface area contributed by atoms with Crippen LogP contribution in [0.25, 0.3) is 0 Å². The summed E-state index contributed by atoms with van der Waals surface area (Å²) >= 11 is 0. The van der Waals surface area contributed by atoms with E-state index in [4.69, 9.17) is 0 Å². The second-order valence-electron chi connectivity index (χ2n) is 4.80. The Hall–Kier alpha value is -1.14. The smallest absolute Gasteiger partial charge is 0.242 e. The van der Waals surface area contributed by atoms with E-state index in [0.717, 1.165) is 0 Å². The SMILES string of the molecule is CNc1ccc(S(=O)(=O)NCC(C)C2CC2)cn1. The fourth-order valence-electron chi connectivity index (χ4n) is 1.84. The van der Waals surface area contributed by atoms with Crippen LogP contribution in [0.15, 0.2) is 23.2 Å². The van der Waals surface area contributed by atoms with Crippen molar-refractivity contribution in [2.45, 2.75) is 24.7 Å². The van der Waals surface area contributed by atoms with Crippen molar-refractivity contribution in [1.29, 1.82) is 0 Å². The minimum absolute atomic E-state index is 0.212. The van der Waals surface area contributed by atoms with Crippen molar-refractivity contribution in [3.05, 3.63) is 18.3 Å². The van der Waals surface area contributed by atoms with Crippen LogP contribution in [-0.4, -0.2) is 27.0 Å². The Morgan fingerprint density at radius 1 is 1.44 bits per heavy atom. The van der Waals surface area contributed by atoms with Crippen molar-refractivity contribution < 1.29 is 8.42 Å². The third kappa shape index (κ3) is 3.20. The lowest BCUT2D eigenvalue weighted by Gasteiger charge is -2.12. The predicted molar refractivity (Wildman–Crippen MR) is 70.9 cm³/mol. The van der Waals surface area contributed by atoms with Gasteiger partial charge in [0.2, 0.25) is 10.0 Å². The Morgan fingerprint density at radius 3 is 2.67 bits per heavy atom. The molecule has 0 saturated heterocycles. The minimum Gasteiger partial charge on any atom is -0.373 e. The van der Waals surface area contributed by atoms with Crippen LogP contribution < -0.4 is 10.0 Å². The van der Waals surface area contributed by atoms with E-state index in [9.17, 15) is 8.42 Å². The van der Waals surface area contributed by atoms with E-state index in [2.05, 4.69) is 21.9 Å². The Morgan fingerprint density at radius 2 is 2.17 bits per heavy atom. The van der Waals surface area contributed by atoms with Crippen molar-refractivity contribution >= 4 is 15.8 Å². The van der Waals surface area contributed by atoms with E-state index < -0.39 is 10.0 Å². The summed E-state index contributed by atoms with van der Waals surface area (Å²) in [5, 5.41) is 2.85. The summed E-state index contributed by atoms with van der Waals surface area (Å²) in [7, 11) is -1.68. The highest BCUT2D eigenvalue weighted by atomic mass is 32.2. The van der Waals surface area contributed by atoms with Crippen molar-refractivity contribution in [3.8, 4) is 0 Å². The van der Waals surface area contributed by atoms with E-state index in [1.807, 2.05) is 0 Å². The van der Waals surface area contributed by atoms with Crippen LogP contribution in [0.5, 0.6) is 0 Å². The number of hydrogen-bond acceptors (Lipinski definition) is 4. The highest BCUT2D eigenvalue weighted by Gasteiger charge is 2.28. The molecule has 0 spiro atoms. The molecule has 0 radical (unpaired) electrons. The summed E-state index contributed by atoms with van der Waals surface area (Å²) in [5.41, 5.74) is 0. The van der Waals surface area contributed by atoms with Gasteiger partial charge in [-0.25, -0.2) is 18.1 Å².